The highest BCUT2D eigenvalue weighted by molar-refractivity contribution is 7.89. The van der Waals surface area contributed by atoms with Crippen molar-refractivity contribution in [2.24, 2.45) is 16.6 Å². The minimum absolute atomic E-state index is 0.00622. The van der Waals surface area contributed by atoms with E-state index >= 15 is 0 Å². The molecule has 0 unspecified atom stereocenters. The number of amidine groups is 1. The van der Waals surface area contributed by atoms with Crippen LogP contribution in [-0.4, -0.2) is 70.0 Å². The lowest BCUT2D eigenvalue weighted by Gasteiger charge is -2.36. The van der Waals surface area contributed by atoms with Crippen LogP contribution >= 0.6 is 0 Å². The third-order valence-corrected chi connectivity index (χ3v) is 14.2. The van der Waals surface area contributed by atoms with Gasteiger partial charge in [0.05, 0.1) is 5.75 Å². The van der Waals surface area contributed by atoms with E-state index in [9.17, 15) is 18.0 Å². The molecule has 2 fully saturated rings. The Hall–Kier alpha value is -2.24. The summed E-state index contributed by atoms with van der Waals surface area (Å²) in [5.41, 5.74) is 8.89. The van der Waals surface area contributed by atoms with Crippen molar-refractivity contribution in [2.45, 2.75) is 89.5 Å². The summed E-state index contributed by atoms with van der Waals surface area (Å²) in [5, 5.41) is 3.09. The summed E-state index contributed by atoms with van der Waals surface area (Å²) in [7, 11) is -3.05. The number of hydrogen-bond acceptors (Lipinski definition) is 5. The maximum atomic E-state index is 13.3. The maximum Gasteiger partial charge on any atom is 0.318 e. The van der Waals surface area contributed by atoms with Gasteiger partial charge in [0, 0.05) is 39.8 Å². The molecule has 1 aromatic rings. The van der Waals surface area contributed by atoms with Crippen molar-refractivity contribution in [3.05, 3.63) is 28.8 Å². The molecular formula is C28H45N5O4SSi. The van der Waals surface area contributed by atoms with Gasteiger partial charge in [-0.2, -0.15) is 0 Å². The summed E-state index contributed by atoms with van der Waals surface area (Å²) in [6.45, 7) is 11.8. The number of nitrogens with two attached hydrogens (primary N) is 1. The predicted molar refractivity (Wildman–Crippen MR) is 160 cm³/mol. The number of carbonyl (C=O) groups excluding carboxylic acids is 2. The monoisotopic (exact) mass is 575 g/mol. The third-order valence-electron chi connectivity index (χ3n) is 9.29. The van der Waals surface area contributed by atoms with E-state index in [1.165, 1.54) is 22.0 Å². The highest BCUT2D eigenvalue weighted by Gasteiger charge is 2.48. The minimum Gasteiger partial charge on any atom is -0.351 e. The number of primary amides is 1. The Morgan fingerprint density at radius 3 is 2.21 bits per heavy atom. The fraction of sp³-hybridized carbons (Fsp3) is 0.679. The first-order valence-corrected chi connectivity index (χ1v) is 19.3. The van der Waals surface area contributed by atoms with Crippen molar-refractivity contribution in [1.29, 1.82) is 0 Å². The van der Waals surface area contributed by atoms with Gasteiger partial charge in [0.25, 0.3) is 5.91 Å². The van der Waals surface area contributed by atoms with Crippen LogP contribution in [0.5, 0.6) is 0 Å². The third kappa shape index (κ3) is 6.25. The first kappa shape index (κ1) is 29.7. The van der Waals surface area contributed by atoms with Crippen molar-refractivity contribution in [2.75, 3.05) is 30.8 Å². The van der Waals surface area contributed by atoms with E-state index in [0.29, 0.717) is 44.0 Å². The van der Waals surface area contributed by atoms with Gasteiger partial charge in [-0.05, 0) is 80.3 Å². The summed E-state index contributed by atoms with van der Waals surface area (Å²) in [6.07, 6.45) is 5.77. The molecule has 2 aliphatic heterocycles. The number of amides is 3. The van der Waals surface area contributed by atoms with Gasteiger partial charge in [-0.15, -0.1) is 0 Å². The van der Waals surface area contributed by atoms with E-state index in [-0.39, 0.29) is 11.7 Å². The first-order valence-electron chi connectivity index (χ1n) is 14.2. The van der Waals surface area contributed by atoms with Crippen LogP contribution in [-0.2, 0) is 21.2 Å². The predicted octanol–water partition coefficient (Wildman–Crippen LogP) is 3.95. The summed E-state index contributed by atoms with van der Waals surface area (Å²) >= 11 is 0. The van der Waals surface area contributed by atoms with E-state index in [4.69, 9.17) is 10.7 Å². The standard InChI is InChI=1S/C28H45N5O4SSi/c1-19-17-22(32(3)27(29)35)18-20(2)24(19)11-16-38(36,37)33-14-12-28(13-15-33)26(34)30-25(31-28)21-7-9-23(10-8-21)39(4,5)6/h17-18,21,23H,7-16H2,1-6H3,(H2,29,35)(H,30,31,34). The van der Waals surface area contributed by atoms with Crippen LogP contribution in [0.1, 0.15) is 55.2 Å². The van der Waals surface area contributed by atoms with Crippen LogP contribution in [0.2, 0.25) is 25.2 Å². The smallest absolute Gasteiger partial charge is 0.318 e. The van der Waals surface area contributed by atoms with E-state index in [1.807, 2.05) is 26.0 Å². The molecule has 4 rings (SSSR count). The molecule has 0 atom stereocenters. The highest BCUT2D eigenvalue weighted by atomic mass is 32.2. The van der Waals surface area contributed by atoms with Gasteiger partial charge >= 0.3 is 6.03 Å². The van der Waals surface area contributed by atoms with Gasteiger partial charge < -0.3 is 11.1 Å². The van der Waals surface area contributed by atoms with E-state index in [2.05, 4.69) is 25.0 Å². The Kier molecular flexibility index (Phi) is 8.36. The molecule has 11 heteroatoms. The molecule has 0 radical (unpaired) electrons. The topological polar surface area (TPSA) is 125 Å². The Bertz CT molecular complexity index is 1230. The largest absolute Gasteiger partial charge is 0.351 e. The van der Waals surface area contributed by atoms with Crippen LogP contribution < -0.4 is 16.0 Å². The zero-order valence-electron chi connectivity index (χ0n) is 24.3. The van der Waals surface area contributed by atoms with Gasteiger partial charge in [-0.3, -0.25) is 14.7 Å². The van der Waals surface area contributed by atoms with Crippen LogP contribution in [0.4, 0.5) is 10.5 Å². The molecule has 1 saturated carbocycles. The molecule has 2 heterocycles. The molecule has 1 saturated heterocycles. The van der Waals surface area contributed by atoms with Gasteiger partial charge in [0.1, 0.15) is 11.4 Å². The molecule has 0 bridgehead atoms. The fourth-order valence-electron chi connectivity index (χ4n) is 6.49. The second-order valence-electron chi connectivity index (χ2n) is 12.8. The Balaban J connectivity index is 1.37. The van der Waals surface area contributed by atoms with Gasteiger partial charge in [-0.25, -0.2) is 17.5 Å². The van der Waals surface area contributed by atoms with Crippen LogP contribution in [0.3, 0.4) is 0 Å². The van der Waals surface area contributed by atoms with Crippen molar-refractivity contribution in [1.82, 2.24) is 9.62 Å². The quantitative estimate of drug-likeness (QED) is 0.478. The summed E-state index contributed by atoms with van der Waals surface area (Å²) in [4.78, 5) is 30.9. The molecule has 0 aromatic heterocycles. The summed E-state index contributed by atoms with van der Waals surface area (Å²) < 4.78 is 28.1. The van der Waals surface area contributed by atoms with Gasteiger partial charge in [0.15, 0.2) is 0 Å². The minimum atomic E-state index is -3.50. The van der Waals surface area contributed by atoms with Crippen LogP contribution in [0.15, 0.2) is 17.1 Å². The molecule has 39 heavy (non-hydrogen) atoms. The number of nitrogens with one attached hydrogen (secondary N) is 1. The zero-order chi connectivity index (χ0) is 28.8. The number of sulfonamides is 1. The average Bonchev–Trinajstić information content (AvgIpc) is 3.17. The van der Waals surface area contributed by atoms with Crippen molar-refractivity contribution < 1.29 is 18.0 Å². The number of carbonyl (C=O) groups is 2. The number of rotatable bonds is 7. The normalized spacial score (nSPS) is 23.9. The van der Waals surface area contributed by atoms with Crippen LogP contribution in [0.25, 0.3) is 0 Å². The average molecular weight is 576 g/mol. The lowest BCUT2D eigenvalue weighted by molar-refractivity contribution is -0.125. The number of anilines is 1. The molecule has 3 aliphatic rings. The van der Waals surface area contributed by atoms with Crippen molar-refractivity contribution in [3.8, 4) is 0 Å². The second-order valence-corrected chi connectivity index (χ2v) is 20.5. The van der Waals surface area contributed by atoms with Gasteiger partial charge in [-0.1, -0.05) is 32.5 Å². The summed E-state index contributed by atoms with van der Waals surface area (Å²) in [5.74, 6) is 1.08. The lowest BCUT2D eigenvalue weighted by atomic mass is 9.87. The van der Waals surface area contributed by atoms with E-state index < -0.39 is 29.7 Å². The fourth-order valence-corrected chi connectivity index (χ4v) is 10.0. The molecule has 1 aromatic carbocycles. The Morgan fingerprint density at radius 1 is 1.13 bits per heavy atom. The van der Waals surface area contributed by atoms with E-state index in [1.54, 1.807) is 7.05 Å². The van der Waals surface area contributed by atoms with Gasteiger partial charge in [0.2, 0.25) is 10.0 Å². The highest BCUT2D eigenvalue weighted by Crippen LogP contribution is 2.41. The number of nitrogens with zero attached hydrogens (tertiary/aromatic N) is 3. The number of aryl methyl sites for hydroxylation is 2. The zero-order valence-corrected chi connectivity index (χ0v) is 26.2. The van der Waals surface area contributed by atoms with E-state index in [0.717, 1.165) is 40.9 Å². The van der Waals surface area contributed by atoms with Crippen molar-refractivity contribution in [3.63, 3.8) is 0 Å². The second kappa shape index (κ2) is 11.0. The first-order chi connectivity index (χ1) is 18.1. The number of hydrogen-bond donors (Lipinski definition) is 2. The number of aliphatic imine (C=N–C) groups is 1. The molecule has 216 valence electrons. The molecule has 1 aliphatic carbocycles. The van der Waals surface area contributed by atoms with Crippen molar-refractivity contribution >= 4 is 41.6 Å². The molecular weight excluding hydrogens is 530 g/mol. The molecule has 1 spiro atoms. The Labute approximate surface area is 234 Å². The molecule has 3 amide bonds. The molecule has 9 nitrogen and oxygen atoms in total. The summed E-state index contributed by atoms with van der Waals surface area (Å²) in [6, 6.07) is 3.17. The SMILES string of the molecule is Cc1cc(N(C)C(N)=O)cc(C)c1CCS(=O)(=O)N1CCC2(CC1)N=C(C1CCC([Si](C)(C)C)CC1)NC2=O. The number of piperidine rings is 1. The number of benzene rings is 1. The molecule has 3 N–H and O–H groups in total. The number of urea groups is 1. The van der Waals surface area contributed by atoms with Crippen LogP contribution in [0, 0.1) is 19.8 Å². The lowest BCUT2D eigenvalue weighted by Crippen LogP contribution is -2.51. The maximum absolute atomic E-state index is 13.3. The Morgan fingerprint density at radius 2 is 1.69 bits per heavy atom.